The summed E-state index contributed by atoms with van der Waals surface area (Å²) in [5.41, 5.74) is -0.312. The molecule has 1 amide bonds. The second kappa shape index (κ2) is 8.88. The van der Waals surface area contributed by atoms with E-state index in [0.29, 0.717) is 6.54 Å². The fourth-order valence-corrected chi connectivity index (χ4v) is 1.96. The molecular formula is C12H26N2OS. The van der Waals surface area contributed by atoms with Crippen molar-refractivity contribution in [3.63, 3.8) is 0 Å². The molecule has 3 nitrogen and oxygen atoms in total. The van der Waals surface area contributed by atoms with Crippen LogP contribution in [0.3, 0.4) is 0 Å². The van der Waals surface area contributed by atoms with Crippen molar-refractivity contribution in [2.45, 2.75) is 34.1 Å². The molecular weight excluding hydrogens is 220 g/mol. The second-order valence-electron chi connectivity index (χ2n) is 4.47. The van der Waals surface area contributed by atoms with Crippen LogP contribution >= 0.6 is 11.8 Å². The molecule has 0 aliphatic carbocycles. The van der Waals surface area contributed by atoms with Crippen LogP contribution in [0.4, 0.5) is 0 Å². The van der Waals surface area contributed by atoms with Crippen LogP contribution in [0.1, 0.15) is 34.1 Å². The van der Waals surface area contributed by atoms with Gasteiger partial charge < -0.3 is 10.6 Å². The Morgan fingerprint density at radius 3 is 2.56 bits per heavy atom. The van der Waals surface area contributed by atoms with E-state index in [0.717, 1.165) is 13.1 Å². The summed E-state index contributed by atoms with van der Waals surface area (Å²) in [6.45, 7) is 10.5. The van der Waals surface area contributed by atoms with Gasteiger partial charge in [0.1, 0.15) is 0 Å². The van der Waals surface area contributed by atoms with Crippen LogP contribution in [0, 0.1) is 5.41 Å². The van der Waals surface area contributed by atoms with Crippen molar-refractivity contribution in [3.05, 3.63) is 0 Å². The number of hydrogen-bond donors (Lipinski definition) is 2. The van der Waals surface area contributed by atoms with E-state index >= 15 is 0 Å². The lowest BCUT2D eigenvalue weighted by atomic mass is 9.92. The Kier molecular flexibility index (Phi) is 8.76. The molecule has 0 saturated heterocycles. The molecule has 0 unspecified atom stereocenters. The van der Waals surface area contributed by atoms with Gasteiger partial charge in [-0.15, -0.1) is 0 Å². The molecule has 0 bridgehead atoms. The van der Waals surface area contributed by atoms with Gasteiger partial charge >= 0.3 is 0 Å². The molecule has 0 aromatic rings. The van der Waals surface area contributed by atoms with Crippen molar-refractivity contribution >= 4 is 17.7 Å². The zero-order valence-corrected chi connectivity index (χ0v) is 11.9. The first-order valence-corrected chi connectivity index (χ1v) is 7.26. The fraction of sp³-hybridized carbons (Fsp3) is 0.917. The van der Waals surface area contributed by atoms with Gasteiger partial charge in [-0.2, -0.15) is 11.8 Å². The van der Waals surface area contributed by atoms with E-state index in [2.05, 4.69) is 17.6 Å². The molecule has 4 heteroatoms. The van der Waals surface area contributed by atoms with Gasteiger partial charge in [0.2, 0.25) is 5.91 Å². The van der Waals surface area contributed by atoms with Crippen molar-refractivity contribution in [3.8, 4) is 0 Å². The Labute approximate surface area is 104 Å². The third-order valence-corrected chi connectivity index (χ3v) is 3.35. The Morgan fingerprint density at radius 1 is 1.31 bits per heavy atom. The van der Waals surface area contributed by atoms with E-state index < -0.39 is 0 Å². The van der Waals surface area contributed by atoms with Crippen LogP contribution in [-0.4, -0.2) is 37.0 Å². The summed E-state index contributed by atoms with van der Waals surface area (Å²) >= 11 is 1.96. The lowest BCUT2D eigenvalue weighted by Gasteiger charge is -2.23. The van der Waals surface area contributed by atoms with Gasteiger partial charge in [0.05, 0.1) is 5.41 Å². The normalized spacial score (nSPS) is 11.5. The highest BCUT2D eigenvalue weighted by Crippen LogP contribution is 2.13. The molecule has 0 aromatic heterocycles. The van der Waals surface area contributed by atoms with Crippen LogP contribution in [0.5, 0.6) is 0 Å². The van der Waals surface area contributed by atoms with Crippen molar-refractivity contribution in [2.75, 3.05) is 31.1 Å². The minimum Gasteiger partial charge on any atom is -0.356 e. The van der Waals surface area contributed by atoms with E-state index in [1.54, 1.807) is 0 Å². The molecule has 0 aliphatic rings. The Morgan fingerprint density at radius 2 is 2.00 bits per heavy atom. The molecule has 0 atom stereocenters. The summed E-state index contributed by atoms with van der Waals surface area (Å²) in [6, 6.07) is 0. The monoisotopic (exact) mass is 246 g/mol. The van der Waals surface area contributed by atoms with Crippen LogP contribution in [0.25, 0.3) is 0 Å². The van der Waals surface area contributed by atoms with Gasteiger partial charge in [0, 0.05) is 13.1 Å². The number of nitrogens with one attached hydrogen (secondary N) is 2. The molecule has 0 rings (SSSR count). The smallest absolute Gasteiger partial charge is 0.226 e. The second-order valence-corrected chi connectivity index (χ2v) is 5.86. The first kappa shape index (κ1) is 15.8. The molecule has 96 valence electrons. The zero-order chi connectivity index (χ0) is 12.4. The predicted molar refractivity (Wildman–Crippen MR) is 73.0 cm³/mol. The highest BCUT2D eigenvalue weighted by Gasteiger charge is 2.26. The average Bonchev–Trinajstić information content (AvgIpc) is 2.23. The molecule has 2 N–H and O–H groups in total. The SMILES string of the molecule is CCNC(=O)C(C)(C)CNCCCSCC. The van der Waals surface area contributed by atoms with Crippen molar-refractivity contribution in [1.82, 2.24) is 10.6 Å². The first-order chi connectivity index (χ1) is 7.54. The van der Waals surface area contributed by atoms with Crippen LogP contribution in [-0.2, 0) is 4.79 Å². The van der Waals surface area contributed by atoms with Gasteiger partial charge in [-0.3, -0.25) is 4.79 Å². The molecule has 0 heterocycles. The maximum absolute atomic E-state index is 11.7. The maximum Gasteiger partial charge on any atom is 0.226 e. The van der Waals surface area contributed by atoms with E-state index in [1.165, 1.54) is 17.9 Å². The number of amides is 1. The predicted octanol–water partition coefficient (Wildman–Crippen LogP) is 1.88. The quantitative estimate of drug-likeness (QED) is 0.610. The van der Waals surface area contributed by atoms with E-state index in [9.17, 15) is 4.79 Å². The summed E-state index contributed by atoms with van der Waals surface area (Å²) in [4.78, 5) is 11.7. The third kappa shape index (κ3) is 7.12. The molecule has 0 spiro atoms. The summed E-state index contributed by atoms with van der Waals surface area (Å²) in [7, 11) is 0. The van der Waals surface area contributed by atoms with Crippen molar-refractivity contribution in [2.24, 2.45) is 5.41 Å². The van der Waals surface area contributed by atoms with E-state index in [-0.39, 0.29) is 11.3 Å². The third-order valence-electron chi connectivity index (χ3n) is 2.37. The topological polar surface area (TPSA) is 41.1 Å². The van der Waals surface area contributed by atoms with Gasteiger partial charge in [0.25, 0.3) is 0 Å². The highest BCUT2D eigenvalue weighted by atomic mass is 32.2. The standard InChI is InChI=1S/C12H26N2OS/c1-5-14-11(15)12(3,4)10-13-8-7-9-16-6-2/h13H,5-10H2,1-4H3,(H,14,15). The maximum atomic E-state index is 11.7. The Hall–Kier alpha value is -0.220. The molecule has 16 heavy (non-hydrogen) atoms. The lowest BCUT2D eigenvalue weighted by molar-refractivity contribution is -0.129. The molecule has 0 radical (unpaired) electrons. The summed E-state index contributed by atoms with van der Waals surface area (Å²) in [6.07, 6.45) is 1.17. The number of carbonyl (C=O) groups is 1. The first-order valence-electron chi connectivity index (χ1n) is 6.11. The van der Waals surface area contributed by atoms with Crippen molar-refractivity contribution < 1.29 is 4.79 Å². The summed E-state index contributed by atoms with van der Waals surface area (Å²) in [5.74, 6) is 2.51. The Balaban J connectivity index is 3.61. The molecule has 0 aliphatic heterocycles. The number of carbonyl (C=O) groups excluding carboxylic acids is 1. The zero-order valence-electron chi connectivity index (χ0n) is 11.1. The number of thioether (sulfide) groups is 1. The number of hydrogen-bond acceptors (Lipinski definition) is 3. The van der Waals surface area contributed by atoms with Gasteiger partial charge in [-0.05, 0) is 45.2 Å². The average molecular weight is 246 g/mol. The van der Waals surface area contributed by atoms with E-state index in [1.807, 2.05) is 32.5 Å². The van der Waals surface area contributed by atoms with Crippen molar-refractivity contribution in [1.29, 1.82) is 0 Å². The molecule has 0 fully saturated rings. The van der Waals surface area contributed by atoms with Gasteiger partial charge in [-0.1, -0.05) is 6.92 Å². The minimum absolute atomic E-state index is 0.130. The van der Waals surface area contributed by atoms with Gasteiger partial charge in [0.15, 0.2) is 0 Å². The van der Waals surface area contributed by atoms with Crippen LogP contribution in [0.15, 0.2) is 0 Å². The van der Waals surface area contributed by atoms with E-state index in [4.69, 9.17) is 0 Å². The summed E-state index contributed by atoms with van der Waals surface area (Å²) in [5, 5.41) is 6.21. The Bertz CT molecular complexity index is 195. The molecule has 0 aromatic carbocycles. The fourth-order valence-electron chi connectivity index (χ4n) is 1.32. The highest BCUT2D eigenvalue weighted by molar-refractivity contribution is 7.99. The lowest BCUT2D eigenvalue weighted by Crippen LogP contribution is -2.43. The number of rotatable bonds is 9. The summed E-state index contributed by atoms with van der Waals surface area (Å²) < 4.78 is 0. The van der Waals surface area contributed by atoms with Gasteiger partial charge in [-0.25, -0.2) is 0 Å². The van der Waals surface area contributed by atoms with Crippen LogP contribution < -0.4 is 10.6 Å². The minimum atomic E-state index is -0.312. The molecule has 0 saturated carbocycles. The van der Waals surface area contributed by atoms with Crippen LogP contribution in [0.2, 0.25) is 0 Å². The largest absolute Gasteiger partial charge is 0.356 e.